The molecule has 1 aromatic heterocycles. The molecule has 2 heterocycles. The van der Waals surface area contributed by atoms with Gasteiger partial charge in [0.05, 0.1) is 11.8 Å². The van der Waals surface area contributed by atoms with Gasteiger partial charge in [0.1, 0.15) is 0 Å². The number of amides is 1. The number of hydrogen-bond donors (Lipinski definition) is 2. The van der Waals surface area contributed by atoms with Crippen LogP contribution in [0.4, 0.5) is 0 Å². The molecule has 1 aliphatic heterocycles. The fraction of sp³-hybridized carbons (Fsp3) is 0.650. The van der Waals surface area contributed by atoms with Gasteiger partial charge in [-0.2, -0.15) is 0 Å². The molecule has 0 unspecified atom stereocenters. The smallest absolute Gasteiger partial charge is 0.307 e. The van der Waals surface area contributed by atoms with Crippen molar-refractivity contribution in [3.63, 3.8) is 0 Å². The average Bonchev–Trinajstić information content (AvgIpc) is 2.67. The zero-order chi connectivity index (χ0) is 18.4. The highest BCUT2D eigenvalue weighted by molar-refractivity contribution is 5.80. The number of pyridine rings is 1. The maximum Gasteiger partial charge on any atom is 0.307 e. The first-order valence-corrected chi connectivity index (χ1v) is 9.73. The van der Waals surface area contributed by atoms with Gasteiger partial charge in [-0.15, -0.1) is 0 Å². The van der Waals surface area contributed by atoms with Gasteiger partial charge in [-0.25, -0.2) is 0 Å². The summed E-state index contributed by atoms with van der Waals surface area (Å²) in [5, 5.41) is 12.5. The Morgan fingerprint density at radius 1 is 1.12 bits per heavy atom. The molecular weight excluding hydrogens is 330 g/mol. The molecule has 1 saturated heterocycles. The van der Waals surface area contributed by atoms with Crippen LogP contribution in [0.15, 0.2) is 24.5 Å². The number of aromatic nitrogens is 1. The Labute approximate surface area is 155 Å². The van der Waals surface area contributed by atoms with Crippen molar-refractivity contribution in [2.75, 3.05) is 19.6 Å². The number of carbonyl (C=O) groups excluding carboxylic acids is 1. The molecule has 26 heavy (non-hydrogen) atoms. The minimum absolute atomic E-state index is 0.0404. The molecule has 2 N–H and O–H groups in total. The fourth-order valence-corrected chi connectivity index (χ4v) is 4.28. The Bertz CT molecular complexity index is 602. The maximum atomic E-state index is 12.6. The second-order valence-electron chi connectivity index (χ2n) is 7.76. The molecule has 2 aliphatic rings. The lowest BCUT2D eigenvalue weighted by molar-refractivity contribution is -0.145. The highest BCUT2D eigenvalue weighted by Crippen LogP contribution is 2.28. The summed E-state index contributed by atoms with van der Waals surface area (Å²) in [6.07, 6.45) is 10.2. The Balaban J connectivity index is 1.57. The van der Waals surface area contributed by atoms with Gasteiger partial charge in [-0.1, -0.05) is 19.3 Å². The lowest BCUT2D eigenvalue weighted by Gasteiger charge is -2.38. The summed E-state index contributed by atoms with van der Waals surface area (Å²) in [7, 11) is 0. The van der Waals surface area contributed by atoms with Crippen molar-refractivity contribution in [1.29, 1.82) is 0 Å². The summed E-state index contributed by atoms with van der Waals surface area (Å²) >= 11 is 0. The lowest BCUT2D eigenvalue weighted by Crippen LogP contribution is -2.49. The molecule has 2 atom stereocenters. The number of piperidine rings is 1. The Kier molecular flexibility index (Phi) is 6.61. The summed E-state index contributed by atoms with van der Waals surface area (Å²) in [4.78, 5) is 30.4. The van der Waals surface area contributed by atoms with Crippen LogP contribution in [0.3, 0.4) is 0 Å². The van der Waals surface area contributed by atoms with E-state index in [2.05, 4.69) is 15.2 Å². The summed E-state index contributed by atoms with van der Waals surface area (Å²) < 4.78 is 0. The van der Waals surface area contributed by atoms with Gasteiger partial charge in [0.25, 0.3) is 0 Å². The van der Waals surface area contributed by atoms with Crippen molar-refractivity contribution < 1.29 is 14.7 Å². The van der Waals surface area contributed by atoms with Crippen molar-refractivity contribution in [1.82, 2.24) is 15.2 Å². The van der Waals surface area contributed by atoms with Gasteiger partial charge in [-0.3, -0.25) is 14.6 Å². The summed E-state index contributed by atoms with van der Waals surface area (Å²) in [6, 6.07) is 3.74. The number of hydrogen-bond acceptors (Lipinski definition) is 4. The summed E-state index contributed by atoms with van der Waals surface area (Å²) in [5.74, 6) is -0.886. The van der Waals surface area contributed by atoms with Crippen molar-refractivity contribution in [2.24, 2.45) is 17.8 Å². The molecule has 1 saturated carbocycles. The molecular formula is C20H29N3O3. The van der Waals surface area contributed by atoms with Crippen LogP contribution >= 0.6 is 0 Å². The van der Waals surface area contributed by atoms with Crippen molar-refractivity contribution in [3.05, 3.63) is 30.1 Å². The lowest BCUT2D eigenvalue weighted by atomic mass is 9.85. The standard InChI is InChI=1S/C20H29N3O3/c24-19(22-11-15-6-8-21-9-7-15)17-10-18(20(25)26)14-23(13-17)12-16-4-2-1-3-5-16/h6-9,16-18H,1-5,10-14H2,(H,22,24)(H,25,26)/t17-,18-/m0/s1. The molecule has 2 fully saturated rings. The zero-order valence-corrected chi connectivity index (χ0v) is 15.3. The number of rotatable bonds is 6. The molecule has 0 radical (unpaired) electrons. The predicted molar refractivity (Wildman–Crippen MR) is 98.3 cm³/mol. The third-order valence-electron chi connectivity index (χ3n) is 5.70. The van der Waals surface area contributed by atoms with E-state index >= 15 is 0 Å². The van der Waals surface area contributed by atoms with Gasteiger partial charge in [0, 0.05) is 38.6 Å². The number of carbonyl (C=O) groups is 2. The van der Waals surface area contributed by atoms with E-state index < -0.39 is 11.9 Å². The number of carboxylic acid groups (broad SMARTS) is 1. The van der Waals surface area contributed by atoms with E-state index in [1.807, 2.05) is 12.1 Å². The summed E-state index contributed by atoms with van der Waals surface area (Å²) in [6.45, 7) is 2.62. The average molecular weight is 359 g/mol. The highest BCUT2D eigenvalue weighted by Gasteiger charge is 2.35. The maximum absolute atomic E-state index is 12.6. The third kappa shape index (κ3) is 5.27. The summed E-state index contributed by atoms with van der Waals surface area (Å²) in [5.41, 5.74) is 0.998. The van der Waals surface area contributed by atoms with Crippen LogP contribution in [-0.4, -0.2) is 46.5 Å². The van der Waals surface area contributed by atoms with Gasteiger partial charge in [0.2, 0.25) is 5.91 Å². The third-order valence-corrected chi connectivity index (χ3v) is 5.70. The van der Waals surface area contributed by atoms with Crippen LogP contribution in [-0.2, 0) is 16.1 Å². The molecule has 142 valence electrons. The fourth-order valence-electron chi connectivity index (χ4n) is 4.28. The Morgan fingerprint density at radius 2 is 1.81 bits per heavy atom. The van der Waals surface area contributed by atoms with Crippen LogP contribution in [0.2, 0.25) is 0 Å². The van der Waals surface area contributed by atoms with E-state index in [0.717, 1.165) is 12.1 Å². The minimum Gasteiger partial charge on any atom is -0.481 e. The first kappa shape index (κ1) is 18.8. The first-order valence-electron chi connectivity index (χ1n) is 9.73. The molecule has 1 aliphatic carbocycles. The molecule has 6 heteroatoms. The van der Waals surface area contributed by atoms with Gasteiger partial charge in [-0.05, 0) is 42.9 Å². The molecule has 6 nitrogen and oxygen atoms in total. The van der Waals surface area contributed by atoms with Crippen LogP contribution in [0, 0.1) is 17.8 Å². The molecule has 0 spiro atoms. The SMILES string of the molecule is O=C(O)[C@H]1C[C@H](C(=O)NCc2ccncc2)CN(CC2CCCCC2)C1. The molecule has 0 bridgehead atoms. The van der Waals surface area contributed by atoms with Crippen molar-refractivity contribution in [3.8, 4) is 0 Å². The van der Waals surface area contributed by atoms with Crippen molar-refractivity contribution in [2.45, 2.75) is 45.1 Å². The Hall–Kier alpha value is -1.95. The van der Waals surface area contributed by atoms with E-state index in [1.165, 1.54) is 32.1 Å². The van der Waals surface area contributed by atoms with E-state index in [0.29, 0.717) is 32.0 Å². The first-order chi connectivity index (χ1) is 12.6. The number of likely N-dealkylation sites (tertiary alicyclic amines) is 1. The largest absolute Gasteiger partial charge is 0.481 e. The number of carboxylic acids is 1. The van der Waals surface area contributed by atoms with Crippen molar-refractivity contribution >= 4 is 11.9 Å². The van der Waals surface area contributed by atoms with Crippen LogP contribution in [0.1, 0.15) is 44.1 Å². The van der Waals surface area contributed by atoms with E-state index in [4.69, 9.17) is 0 Å². The van der Waals surface area contributed by atoms with E-state index in [9.17, 15) is 14.7 Å². The monoisotopic (exact) mass is 359 g/mol. The number of aliphatic carboxylic acids is 1. The second-order valence-corrected chi connectivity index (χ2v) is 7.76. The quantitative estimate of drug-likeness (QED) is 0.814. The van der Waals surface area contributed by atoms with Gasteiger partial charge < -0.3 is 15.3 Å². The van der Waals surface area contributed by atoms with Crippen LogP contribution in [0.5, 0.6) is 0 Å². The topological polar surface area (TPSA) is 82.5 Å². The van der Waals surface area contributed by atoms with E-state index in [-0.39, 0.29) is 11.8 Å². The molecule has 1 aromatic rings. The zero-order valence-electron chi connectivity index (χ0n) is 15.3. The predicted octanol–water partition coefficient (Wildman–Crippen LogP) is 2.30. The second kappa shape index (κ2) is 9.12. The Morgan fingerprint density at radius 3 is 2.50 bits per heavy atom. The highest BCUT2D eigenvalue weighted by atomic mass is 16.4. The number of nitrogens with one attached hydrogen (secondary N) is 1. The van der Waals surface area contributed by atoms with Crippen LogP contribution in [0.25, 0.3) is 0 Å². The van der Waals surface area contributed by atoms with Gasteiger partial charge in [0.15, 0.2) is 0 Å². The normalized spacial score (nSPS) is 24.9. The minimum atomic E-state index is -0.787. The molecule has 1 amide bonds. The van der Waals surface area contributed by atoms with Crippen LogP contribution < -0.4 is 5.32 Å². The molecule has 0 aromatic carbocycles. The molecule has 3 rings (SSSR count). The van der Waals surface area contributed by atoms with Gasteiger partial charge >= 0.3 is 5.97 Å². The van der Waals surface area contributed by atoms with E-state index in [1.54, 1.807) is 12.4 Å². The number of nitrogens with zero attached hydrogens (tertiary/aromatic N) is 2.